The molecule has 3 aromatic carbocycles. The molecule has 0 saturated heterocycles. The summed E-state index contributed by atoms with van der Waals surface area (Å²) in [6.07, 6.45) is 0. The molecule has 4 heteroatoms. The third kappa shape index (κ3) is 4.09. The minimum absolute atomic E-state index is 0.782. The molecule has 136 valence electrons. The highest BCUT2D eigenvalue weighted by Gasteiger charge is 2.09. The van der Waals surface area contributed by atoms with Crippen molar-refractivity contribution in [1.82, 2.24) is 0 Å². The van der Waals surface area contributed by atoms with Crippen LogP contribution in [0.5, 0.6) is 0 Å². The first-order valence-corrected chi connectivity index (χ1v) is 8.55. The Kier molecular flexibility index (Phi) is 5.78. The standard InChI is InChI=1S/C12H12N2.C10H16N2/c13-11-5-1-9(2-6-11)10-3-7-12(14)8-4-10;1-5-6(2)10(12)8(4)7(3)9(5)11/h1-8H,13-14H2;11-12H2,1-4H3. The molecule has 0 radical (unpaired) electrons. The number of benzene rings is 3. The van der Waals surface area contributed by atoms with E-state index in [4.69, 9.17) is 22.9 Å². The van der Waals surface area contributed by atoms with Gasteiger partial charge in [0.1, 0.15) is 0 Å². The zero-order valence-corrected chi connectivity index (χ0v) is 15.9. The fourth-order valence-corrected chi connectivity index (χ4v) is 2.72. The molecule has 3 rings (SSSR count). The molecule has 0 aliphatic heterocycles. The first kappa shape index (κ1) is 19.2. The van der Waals surface area contributed by atoms with Crippen molar-refractivity contribution in [3.63, 3.8) is 0 Å². The Hall–Kier alpha value is -3.14. The van der Waals surface area contributed by atoms with Crippen LogP contribution in [-0.2, 0) is 0 Å². The van der Waals surface area contributed by atoms with Gasteiger partial charge in [-0.3, -0.25) is 0 Å². The smallest absolute Gasteiger partial charge is 0.0380 e. The molecule has 0 amide bonds. The first-order valence-electron chi connectivity index (χ1n) is 8.55. The van der Waals surface area contributed by atoms with Gasteiger partial charge in [-0.25, -0.2) is 0 Å². The van der Waals surface area contributed by atoms with E-state index in [1.165, 1.54) is 0 Å². The highest BCUT2D eigenvalue weighted by atomic mass is 14.6. The third-order valence-corrected chi connectivity index (χ3v) is 4.90. The van der Waals surface area contributed by atoms with Gasteiger partial charge in [-0.15, -0.1) is 0 Å². The average molecular weight is 348 g/mol. The lowest BCUT2D eigenvalue weighted by Gasteiger charge is -2.14. The summed E-state index contributed by atoms with van der Waals surface area (Å²) in [5, 5.41) is 0. The molecular formula is C22H28N4. The van der Waals surface area contributed by atoms with E-state index in [9.17, 15) is 0 Å². The number of nitrogen functional groups attached to an aromatic ring is 4. The Morgan fingerprint density at radius 3 is 0.885 bits per heavy atom. The summed E-state index contributed by atoms with van der Waals surface area (Å²) in [7, 11) is 0. The van der Waals surface area contributed by atoms with Gasteiger partial charge >= 0.3 is 0 Å². The number of nitrogens with two attached hydrogens (primary N) is 4. The van der Waals surface area contributed by atoms with Crippen molar-refractivity contribution in [3.05, 3.63) is 70.8 Å². The molecule has 0 spiro atoms. The molecule has 0 aliphatic carbocycles. The van der Waals surface area contributed by atoms with Crippen LogP contribution in [-0.4, -0.2) is 0 Å². The second-order valence-electron chi connectivity index (χ2n) is 6.57. The lowest BCUT2D eigenvalue weighted by atomic mass is 9.97. The van der Waals surface area contributed by atoms with Crippen LogP contribution in [0.1, 0.15) is 22.3 Å². The largest absolute Gasteiger partial charge is 0.399 e. The molecule has 0 aromatic heterocycles. The Morgan fingerprint density at radius 1 is 0.423 bits per heavy atom. The van der Waals surface area contributed by atoms with Gasteiger partial charge in [0.15, 0.2) is 0 Å². The van der Waals surface area contributed by atoms with Crippen molar-refractivity contribution in [2.24, 2.45) is 0 Å². The zero-order valence-electron chi connectivity index (χ0n) is 15.9. The molecule has 26 heavy (non-hydrogen) atoms. The lowest BCUT2D eigenvalue weighted by molar-refractivity contribution is 1.26. The number of anilines is 4. The molecule has 8 N–H and O–H groups in total. The molecule has 0 saturated carbocycles. The van der Waals surface area contributed by atoms with Crippen molar-refractivity contribution in [2.45, 2.75) is 27.7 Å². The predicted molar refractivity (Wildman–Crippen MR) is 115 cm³/mol. The Bertz CT molecular complexity index is 746. The van der Waals surface area contributed by atoms with Gasteiger partial charge in [0.05, 0.1) is 0 Å². The summed E-state index contributed by atoms with van der Waals surface area (Å²) in [5.74, 6) is 0. The molecule has 0 atom stereocenters. The normalized spacial score (nSPS) is 10.2. The Morgan fingerprint density at radius 2 is 0.654 bits per heavy atom. The Balaban J connectivity index is 0.000000190. The van der Waals surface area contributed by atoms with E-state index in [0.717, 1.165) is 56.1 Å². The van der Waals surface area contributed by atoms with Gasteiger partial charge in [-0.1, -0.05) is 24.3 Å². The van der Waals surface area contributed by atoms with Gasteiger partial charge in [0, 0.05) is 22.7 Å². The van der Waals surface area contributed by atoms with E-state index in [1.807, 2.05) is 76.2 Å². The van der Waals surface area contributed by atoms with Crippen LogP contribution in [0.3, 0.4) is 0 Å². The van der Waals surface area contributed by atoms with Crippen LogP contribution in [0.4, 0.5) is 22.7 Å². The number of hydrogen-bond acceptors (Lipinski definition) is 4. The number of hydrogen-bond donors (Lipinski definition) is 4. The van der Waals surface area contributed by atoms with Crippen LogP contribution < -0.4 is 22.9 Å². The van der Waals surface area contributed by atoms with E-state index in [1.54, 1.807) is 0 Å². The molecule has 0 aliphatic rings. The summed E-state index contributed by atoms with van der Waals surface area (Å²) in [4.78, 5) is 0. The van der Waals surface area contributed by atoms with E-state index >= 15 is 0 Å². The predicted octanol–water partition coefficient (Wildman–Crippen LogP) is 4.60. The highest BCUT2D eigenvalue weighted by Crippen LogP contribution is 2.29. The highest BCUT2D eigenvalue weighted by molar-refractivity contribution is 5.70. The number of rotatable bonds is 1. The summed E-state index contributed by atoms with van der Waals surface area (Å²) in [6, 6.07) is 15.6. The summed E-state index contributed by atoms with van der Waals surface area (Å²) >= 11 is 0. The molecular weight excluding hydrogens is 320 g/mol. The van der Waals surface area contributed by atoms with Crippen LogP contribution >= 0.6 is 0 Å². The summed E-state index contributed by atoms with van der Waals surface area (Å²) < 4.78 is 0. The van der Waals surface area contributed by atoms with Crippen molar-refractivity contribution < 1.29 is 0 Å². The first-order chi connectivity index (χ1) is 12.2. The van der Waals surface area contributed by atoms with Crippen LogP contribution in [0.15, 0.2) is 48.5 Å². The van der Waals surface area contributed by atoms with Gasteiger partial charge in [-0.2, -0.15) is 0 Å². The topological polar surface area (TPSA) is 104 Å². The van der Waals surface area contributed by atoms with E-state index < -0.39 is 0 Å². The quantitative estimate of drug-likeness (QED) is 0.482. The zero-order chi connectivity index (χ0) is 19.4. The van der Waals surface area contributed by atoms with Crippen LogP contribution in [0.2, 0.25) is 0 Å². The SMILES string of the molecule is Cc1c(C)c(N)c(C)c(C)c1N.Nc1ccc(-c2ccc(N)cc2)cc1. The maximum absolute atomic E-state index is 5.90. The van der Waals surface area contributed by atoms with E-state index in [0.29, 0.717) is 0 Å². The Labute approximate surface area is 155 Å². The average Bonchev–Trinajstić information content (AvgIpc) is 2.65. The van der Waals surface area contributed by atoms with E-state index in [2.05, 4.69) is 0 Å². The third-order valence-electron chi connectivity index (χ3n) is 4.90. The second-order valence-corrected chi connectivity index (χ2v) is 6.57. The van der Waals surface area contributed by atoms with Crippen LogP contribution in [0.25, 0.3) is 11.1 Å². The van der Waals surface area contributed by atoms with Crippen molar-refractivity contribution in [2.75, 3.05) is 22.9 Å². The molecule has 0 fully saturated rings. The maximum atomic E-state index is 5.90. The minimum atomic E-state index is 0.782. The lowest BCUT2D eigenvalue weighted by Crippen LogP contribution is -2.04. The monoisotopic (exact) mass is 348 g/mol. The molecule has 3 aromatic rings. The van der Waals surface area contributed by atoms with Gasteiger partial charge < -0.3 is 22.9 Å². The van der Waals surface area contributed by atoms with Gasteiger partial charge in [0.2, 0.25) is 0 Å². The van der Waals surface area contributed by atoms with Gasteiger partial charge in [-0.05, 0) is 85.3 Å². The van der Waals surface area contributed by atoms with Crippen molar-refractivity contribution in [1.29, 1.82) is 0 Å². The fourth-order valence-electron chi connectivity index (χ4n) is 2.72. The van der Waals surface area contributed by atoms with E-state index in [-0.39, 0.29) is 0 Å². The van der Waals surface area contributed by atoms with Crippen molar-refractivity contribution >= 4 is 22.7 Å². The summed E-state index contributed by atoms with van der Waals surface area (Å²) in [5.41, 5.74) is 33.1. The maximum Gasteiger partial charge on any atom is 0.0380 e. The summed E-state index contributed by atoms with van der Waals surface area (Å²) in [6.45, 7) is 8.03. The fraction of sp³-hybridized carbons (Fsp3) is 0.182. The molecule has 4 nitrogen and oxygen atoms in total. The molecule has 0 heterocycles. The molecule has 0 bridgehead atoms. The minimum Gasteiger partial charge on any atom is -0.399 e. The van der Waals surface area contributed by atoms with Crippen LogP contribution in [0, 0.1) is 27.7 Å². The second kappa shape index (κ2) is 7.83. The molecule has 0 unspecified atom stereocenters. The van der Waals surface area contributed by atoms with Gasteiger partial charge in [0.25, 0.3) is 0 Å². The van der Waals surface area contributed by atoms with Crippen molar-refractivity contribution in [3.8, 4) is 11.1 Å².